The zero-order valence-corrected chi connectivity index (χ0v) is 16.2. The lowest BCUT2D eigenvalue weighted by molar-refractivity contribution is 0.111. The molecule has 1 aliphatic heterocycles. The van der Waals surface area contributed by atoms with Crippen molar-refractivity contribution < 1.29 is 19.1 Å². The van der Waals surface area contributed by atoms with Crippen LogP contribution in [0.3, 0.4) is 0 Å². The molecule has 4 rings (SSSR count). The van der Waals surface area contributed by atoms with E-state index in [1.165, 1.54) is 6.42 Å². The van der Waals surface area contributed by atoms with Gasteiger partial charge in [-0.25, -0.2) is 0 Å². The molecule has 0 amide bonds. The third-order valence-electron chi connectivity index (χ3n) is 4.67. The molecule has 0 N–H and O–H groups in total. The lowest BCUT2D eigenvalue weighted by Gasteiger charge is -2.26. The summed E-state index contributed by atoms with van der Waals surface area (Å²) in [5.41, 5.74) is 1.10. The zero-order valence-electron chi connectivity index (χ0n) is 16.2. The number of hydrogen-bond donors (Lipinski definition) is 0. The van der Waals surface area contributed by atoms with Crippen LogP contribution in [0.5, 0.6) is 23.5 Å². The van der Waals surface area contributed by atoms with Crippen molar-refractivity contribution in [2.75, 3.05) is 18.0 Å². The van der Waals surface area contributed by atoms with Crippen molar-refractivity contribution >= 4 is 18.5 Å². The first kappa shape index (κ1) is 19.5. The Labute approximate surface area is 173 Å². The molecular formula is C22H20N4O4. The monoisotopic (exact) mass is 404 g/mol. The first-order valence-corrected chi connectivity index (χ1v) is 9.71. The van der Waals surface area contributed by atoms with Crippen LogP contribution in [0, 0.1) is 0 Å². The number of rotatable bonds is 7. The van der Waals surface area contributed by atoms with Gasteiger partial charge in [0.15, 0.2) is 0 Å². The van der Waals surface area contributed by atoms with Gasteiger partial charge in [0.1, 0.15) is 24.1 Å². The van der Waals surface area contributed by atoms with Crippen molar-refractivity contribution in [2.24, 2.45) is 0 Å². The van der Waals surface area contributed by atoms with E-state index in [-0.39, 0.29) is 12.0 Å². The SMILES string of the molecule is O=Cc1ccc(Oc2nc(Oc3ccc(C=O)cc3)nc(N3CCCCC3)n2)cc1. The second-order valence-electron chi connectivity index (χ2n) is 6.83. The number of ether oxygens (including phenoxy) is 2. The third kappa shape index (κ3) is 4.78. The summed E-state index contributed by atoms with van der Waals surface area (Å²) >= 11 is 0. The number of nitrogens with zero attached hydrogens (tertiary/aromatic N) is 4. The Balaban J connectivity index is 1.62. The number of aromatic nitrogens is 3. The van der Waals surface area contributed by atoms with Gasteiger partial charge >= 0.3 is 12.0 Å². The predicted molar refractivity (Wildman–Crippen MR) is 110 cm³/mol. The molecule has 152 valence electrons. The van der Waals surface area contributed by atoms with E-state index in [9.17, 15) is 9.59 Å². The van der Waals surface area contributed by atoms with E-state index in [1.54, 1.807) is 48.5 Å². The lowest BCUT2D eigenvalue weighted by Crippen LogP contribution is -2.31. The molecule has 0 unspecified atom stereocenters. The minimum absolute atomic E-state index is 0.101. The van der Waals surface area contributed by atoms with E-state index < -0.39 is 0 Å². The van der Waals surface area contributed by atoms with Gasteiger partial charge in [-0.05, 0) is 67.8 Å². The van der Waals surface area contributed by atoms with Crippen LogP contribution in [-0.4, -0.2) is 40.6 Å². The smallest absolute Gasteiger partial charge is 0.330 e. The van der Waals surface area contributed by atoms with Gasteiger partial charge in [-0.15, -0.1) is 4.98 Å². The van der Waals surface area contributed by atoms with Gasteiger partial charge in [0.05, 0.1) is 0 Å². The van der Waals surface area contributed by atoms with E-state index in [0.29, 0.717) is 28.6 Å². The fraction of sp³-hybridized carbons (Fsp3) is 0.227. The molecule has 1 saturated heterocycles. The summed E-state index contributed by atoms with van der Waals surface area (Å²) in [5.74, 6) is 1.49. The maximum atomic E-state index is 10.8. The van der Waals surface area contributed by atoms with Crippen LogP contribution in [0.1, 0.15) is 40.0 Å². The Kier molecular flexibility index (Phi) is 5.93. The van der Waals surface area contributed by atoms with Gasteiger partial charge < -0.3 is 14.4 Å². The maximum absolute atomic E-state index is 10.8. The molecule has 2 heterocycles. The van der Waals surface area contributed by atoms with Crippen molar-refractivity contribution in [3.63, 3.8) is 0 Å². The lowest BCUT2D eigenvalue weighted by atomic mass is 10.1. The van der Waals surface area contributed by atoms with Crippen molar-refractivity contribution in [2.45, 2.75) is 19.3 Å². The van der Waals surface area contributed by atoms with Crippen LogP contribution in [-0.2, 0) is 0 Å². The number of aldehydes is 2. The molecule has 1 fully saturated rings. The number of anilines is 1. The van der Waals surface area contributed by atoms with Crippen molar-refractivity contribution in [3.05, 3.63) is 59.7 Å². The average Bonchev–Trinajstić information content (AvgIpc) is 2.80. The molecular weight excluding hydrogens is 384 g/mol. The molecule has 0 atom stereocenters. The highest BCUT2D eigenvalue weighted by Crippen LogP contribution is 2.26. The van der Waals surface area contributed by atoms with Crippen LogP contribution in [0.2, 0.25) is 0 Å². The largest absolute Gasteiger partial charge is 0.424 e. The number of carbonyl (C=O) groups excluding carboxylic acids is 2. The first-order valence-electron chi connectivity index (χ1n) is 9.71. The first-order chi connectivity index (χ1) is 14.7. The Hall–Kier alpha value is -3.81. The van der Waals surface area contributed by atoms with Gasteiger partial charge in [0.2, 0.25) is 5.95 Å². The predicted octanol–water partition coefficient (Wildman–Crippen LogP) is 4.07. The van der Waals surface area contributed by atoms with Crippen LogP contribution in [0.25, 0.3) is 0 Å². The highest BCUT2D eigenvalue weighted by molar-refractivity contribution is 5.75. The molecule has 0 spiro atoms. The van der Waals surface area contributed by atoms with Gasteiger partial charge in [-0.3, -0.25) is 9.59 Å². The van der Waals surface area contributed by atoms with Gasteiger partial charge in [0, 0.05) is 24.2 Å². The van der Waals surface area contributed by atoms with E-state index in [2.05, 4.69) is 19.9 Å². The summed E-state index contributed by atoms with van der Waals surface area (Å²) in [4.78, 5) is 36.9. The highest BCUT2D eigenvalue weighted by Gasteiger charge is 2.18. The highest BCUT2D eigenvalue weighted by atomic mass is 16.5. The molecule has 0 radical (unpaired) electrons. The molecule has 2 aromatic carbocycles. The molecule has 8 nitrogen and oxygen atoms in total. The quantitative estimate of drug-likeness (QED) is 0.544. The van der Waals surface area contributed by atoms with Crippen LogP contribution >= 0.6 is 0 Å². The minimum atomic E-state index is 0.101. The summed E-state index contributed by atoms with van der Waals surface area (Å²) in [7, 11) is 0. The third-order valence-corrected chi connectivity index (χ3v) is 4.67. The standard InChI is InChI=1S/C22H20N4O4/c27-14-16-4-8-18(9-5-16)29-21-23-20(26-12-2-1-3-13-26)24-22(25-21)30-19-10-6-17(15-28)7-11-19/h4-11,14-15H,1-3,12-13H2. The number of hydrogen-bond acceptors (Lipinski definition) is 8. The van der Waals surface area contributed by atoms with Crippen LogP contribution < -0.4 is 14.4 Å². The van der Waals surface area contributed by atoms with E-state index >= 15 is 0 Å². The van der Waals surface area contributed by atoms with Crippen molar-refractivity contribution in [1.29, 1.82) is 0 Å². The number of carbonyl (C=O) groups is 2. The van der Waals surface area contributed by atoms with Crippen LogP contribution in [0.15, 0.2) is 48.5 Å². The van der Waals surface area contributed by atoms with E-state index in [4.69, 9.17) is 9.47 Å². The molecule has 0 aliphatic carbocycles. The second-order valence-corrected chi connectivity index (χ2v) is 6.83. The summed E-state index contributed by atoms with van der Waals surface area (Å²) in [6.45, 7) is 1.70. The molecule has 1 aliphatic rings. The average molecular weight is 404 g/mol. The maximum Gasteiger partial charge on any atom is 0.330 e. The number of piperidine rings is 1. The Morgan fingerprint density at radius 3 is 1.57 bits per heavy atom. The molecule has 1 aromatic heterocycles. The Morgan fingerprint density at radius 2 is 1.13 bits per heavy atom. The summed E-state index contributed by atoms with van der Waals surface area (Å²) < 4.78 is 11.6. The Bertz CT molecular complexity index is 945. The number of benzene rings is 2. The van der Waals surface area contributed by atoms with Crippen LogP contribution in [0.4, 0.5) is 5.95 Å². The summed E-state index contributed by atoms with van der Waals surface area (Å²) in [6, 6.07) is 13.5. The topological polar surface area (TPSA) is 94.5 Å². The minimum Gasteiger partial charge on any atom is -0.424 e. The molecule has 0 saturated carbocycles. The molecule has 30 heavy (non-hydrogen) atoms. The summed E-state index contributed by atoms with van der Waals surface area (Å²) in [6.07, 6.45) is 4.85. The van der Waals surface area contributed by atoms with Crippen molar-refractivity contribution in [3.8, 4) is 23.5 Å². The molecule has 8 heteroatoms. The van der Waals surface area contributed by atoms with E-state index in [0.717, 1.165) is 38.5 Å². The fourth-order valence-electron chi connectivity index (χ4n) is 3.09. The fourth-order valence-corrected chi connectivity index (χ4v) is 3.09. The zero-order chi connectivity index (χ0) is 20.8. The normalized spacial score (nSPS) is 13.5. The van der Waals surface area contributed by atoms with E-state index in [1.807, 2.05) is 0 Å². The summed E-state index contributed by atoms with van der Waals surface area (Å²) in [5, 5.41) is 0. The van der Waals surface area contributed by atoms with Crippen molar-refractivity contribution in [1.82, 2.24) is 15.0 Å². The molecule has 0 bridgehead atoms. The second kappa shape index (κ2) is 9.13. The Morgan fingerprint density at radius 1 is 0.667 bits per heavy atom. The van der Waals surface area contributed by atoms with Gasteiger partial charge in [-0.2, -0.15) is 9.97 Å². The van der Waals surface area contributed by atoms with Gasteiger partial charge in [-0.1, -0.05) is 0 Å². The molecule has 3 aromatic rings. The van der Waals surface area contributed by atoms with Gasteiger partial charge in [0.25, 0.3) is 0 Å².